The zero-order chi connectivity index (χ0) is 15.2. The van der Waals surface area contributed by atoms with E-state index in [9.17, 15) is 0 Å². The summed E-state index contributed by atoms with van der Waals surface area (Å²) in [5, 5.41) is 7.04. The number of benzene rings is 1. The summed E-state index contributed by atoms with van der Waals surface area (Å²) in [5.74, 6) is 1.94. The van der Waals surface area contributed by atoms with Crippen molar-refractivity contribution in [3.05, 3.63) is 30.3 Å². The molecule has 0 radical (unpaired) electrons. The topological polar surface area (TPSA) is 39.7 Å². The minimum absolute atomic E-state index is 0.534. The van der Waals surface area contributed by atoms with Gasteiger partial charge in [0, 0.05) is 38.4 Å². The van der Waals surface area contributed by atoms with Crippen molar-refractivity contribution in [3.8, 4) is 0 Å². The lowest BCUT2D eigenvalue weighted by molar-refractivity contribution is 0.461. The molecule has 1 heterocycles. The molecule has 0 unspecified atom stereocenters. The van der Waals surface area contributed by atoms with Crippen molar-refractivity contribution in [2.45, 2.75) is 38.1 Å². The Morgan fingerprint density at radius 2 is 1.86 bits per heavy atom. The Labute approximate surface area is 134 Å². The van der Waals surface area contributed by atoms with Gasteiger partial charge < -0.3 is 15.5 Å². The van der Waals surface area contributed by atoms with E-state index in [0.29, 0.717) is 6.04 Å². The van der Waals surface area contributed by atoms with E-state index in [1.165, 1.54) is 24.9 Å². The third kappa shape index (κ3) is 4.39. The summed E-state index contributed by atoms with van der Waals surface area (Å²) in [6.45, 7) is 3.27. The molecule has 1 saturated heterocycles. The number of nitrogens with zero attached hydrogens (tertiary/aromatic N) is 2. The molecule has 1 aliphatic carbocycles. The van der Waals surface area contributed by atoms with Crippen LogP contribution in [0.5, 0.6) is 0 Å². The third-order valence-corrected chi connectivity index (χ3v) is 4.72. The van der Waals surface area contributed by atoms with Gasteiger partial charge in [-0.05, 0) is 37.3 Å². The van der Waals surface area contributed by atoms with Crippen molar-refractivity contribution in [3.63, 3.8) is 0 Å². The van der Waals surface area contributed by atoms with Gasteiger partial charge in [0.25, 0.3) is 0 Å². The number of nitrogens with one attached hydrogen (secondary N) is 2. The van der Waals surface area contributed by atoms with Gasteiger partial charge in [0.2, 0.25) is 0 Å². The van der Waals surface area contributed by atoms with Gasteiger partial charge in [-0.15, -0.1) is 0 Å². The minimum atomic E-state index is 0.534. The van der Waals surface area contributed by atoms with Gasteiger partial charge in [-0.2, -0.15) is 0 Å². The first-order valence-corrected chi connectivity index (χ1v) is 8.62. The average molecular weight is 300 g/mol. The lowest BCUT2D eigenvalue weighted by Crippen LogP contribution is -2.48. The number of guanidine groups is 1. The van der Waals surface area contributed by atoms with Crippen LogP contribution in [0.25, 0.3) is 0 Å². The van der Waals surface area contributed by atoms with Crippen LogP contribution in [-0.4, -0.2) is 38.7 Å². The van der Waals surface area contributed by atoms with E-state index in [0.717, 1.165) is 44.4 Å². The first kappa shape index (κ1) is 15.2. The van der Waals surface area contributed by atoms with Crippen LogP contribution < -0.4 is 15.5 Å². The minimum Gasteiger partial charge on any atom is -0.371 e. The highest BCUT2D eigenvalue weighted by molar-refractivity contribution is 5.79. The van der Waals surface area contributed by atoms with Gasteiger partial charge in [-0.1, -0.05) is 31.0 Å². The molecule has 4 nitrogen and oxygen atoms in total. The number of para-hydroxylation sites is 1. The van der Waals surface area contributed by atoms with Crippen molar-refractivity contribution in [2.75, 3.05) is 31.6 Å². The van der Waals surface area contributed by atoms with Crippen LogP contribution in [0.1, 0.15) is 32.1 Å². The molecule has 2 aliphatic rings. The molecule has 120 valence electrons. The lowest BCUT2D eigenvalue weighted by atomic mass is 10.0. The Balaban J connectivity index is 1.40. The van der Waals surface area contributed by atoms with Gasteiger partial charge in [0.1, 0.15) is 0 Å². The summed E-state index contributed by atoms with van der Waals surface area (Å²) in [4.78, 5) is 6.83. The highest BCUT2D eigenvalue weighted by atomic mass is 15.2. The quantitative estimate of drug-likeness (QED) is 0.649. The van der Waals surface area contributed by atoms with E-state index in [4.69, 9.17) is 0 Å². The van der Waals surface area contributed by atoms with Crippen molar-refractivity contribution < 1.29 is 0 Å². The maximum absolute atomic E-state index is 4.36. The van der Waals surface area contributed by atoms with Crippen LogP contribution in [0.3, 0.4) is 0 Å². The van der Waals surface area contributed by atoms with E-state index in [-0.39, 0.29) is 0 Å². The summed E-state index contributed by atoms with van der Waals surface area (Å²) in [5.41, 5.74) is 1.34. The second kappa shape index (κ2) is 7.52. The number of aliphatic imine (C=N–C) groups is 1. The van der Waals surface area contributed by atoms with E-state index in [2.05, 4.69) is 50.9 Å². The van der Waals surface area contributed by atoms with Crippen LogP contribution in [0.2, 0.25) is 0 Å². The van der Waals surface area contributed by atoms with Gasteiger partial charge in [0.05, 0.1) is 0 Å². The first-order valence-electron chi connectivity index (χ1n) is 8.62. The van der Waals surface area contributed by atoms with Crippen LogP contribution in [0.15, 0.2) is 35.3 Å². The van der Waals surface area contributed by atoms with Gasteiger partial charge in [0.15, 0.2) is 5.96 Å². The number of piperidine rings is 1. The zero-order valence-corrected chi connectivity index (χ0v) is 13.6. The fourth-order valence-electron chi connectivity index (χ4n) is 3.11. The third-order valence-electron chi connectivity index (χ3n) is 4.72. The first-order chi connectivity index (χ1) is 10.8. The van der Waals surface area contributed by atoms with Gasteiger partial charge in [-0.25, -0.2) is 0 Å². The molecule has 1 aromatic rings. The molecular weight excluding hydrogens is 272 g/mol. The normalized spacial score (nSPS) is 20.0. The maximum Gasteiger partial charge on any atom is 0.191 e. The number of hydrogen-bond acceptors (Lipinski definition) is 2. The molecule has 4 heteroatoms. The molecular formula is C18H28N4. The molecule has 3 rings (SSSR count). The van der Waals surface area contributed by atoms with Crippen molar-refractivity contribution >= 4 is 11.6 Å². The summed E-state index contributed by atoms with van der Waals surface area (Å²) < 4.78 is 0. The van der Waals surface area contributed by atoms with E-state index < -0.39 is 0 Å². The Hall–Kier alpha value is -1.71. The van der Waals surface area contributed by atoms with E-state index >= 15 is 0 Å². The molecule has 0 atom stereocenters. The highest BCUT2D eigenvalue weighted by Gasteiger charge is 2.22. The van der Waals surface area contributed by atoms with Crippen molar-refractivity contribution in [1.82, 2.24) is 10.6 Å². The average Bonchev–Trinajstić information content (AvgIpc) is 3.40. The van der Waals surface area contributed by atoms with Crippen LogP contribution >= 0.6 is 0 Å². The van der Waals surface area contributed by atoms with Crippen LogP contribution in [0.4, 0.5) is 5.69 Å². The maximum atomic E-state index is 4.36. The summed E-state index contributed by atoms with van der Waals surface area (Å²) in [7, 11) is 1.87. The SMILES string of the molecule is CN=C(NCCC1CC1)NC1CCN(c2ccccc2)CC1. The smallest absolute Gasteiger partial charge is 0.191 e. The predicted octanol–water partition coefficient (Wildman–Crippen LogP) is 2.62. The molecule has 2 fully saturated rings. The second-order valence-corrected chi connectivity index (χ2v) is 6.47. The Bertz CT molecular complexity index is 473. The van der Waals surface area contributed by atoms with E-state index in [1.807, 2.05) is 7.05 Å². The lowest BCUT2D eigenvalue weighted by Gasteiger charge is -2.34. The van der Waals surface area contributed by atoms with Gasteiger partial charge >= 0.3 is 0 Å². The summed E-state index contributed by atoms with van der Waals surface area (Å²) in [6.07, 6.45) is 6.46. The molecule has 0 bridgehead atoms. The summed E-state index contributed by atoms with van der Waals surface area (Å²) in [6, 6.07) is 11.2. The summed E-state index contributed by atoms with van der Waals surface area (Å²) >= 11 is 0. The predicted molar refractivity (Wildman–Crippen MR) is 93.5 cm³/mol. The molecule has 1 aromatic carbocycles. The number of rotatable bonds is 5. The van der Waals surface area contributed by atoms with Crippen molar-refractivity contribution in [1.29, 1.82) is 0 Å². The molecule has 2 N–H and O–H groups in total. The molecule has 0 amide bonds. The van der Waals surface area contributed by atoms with Gasteiger partial charge in [-0.3, -0.25) is 4.99 Å². The number of anilines is 1. The monoisotopic (exact) mass is 300 g/mol. The van der Waals surface area contributed by atoms with Crippen molar-refractivity contribution in [2.24, 2.45) is 10.9 Å². The Kier molecular flexibility index (Phi) is 5.20. The standard InChI is InChI=1S/C18H28N4/c1-19-18(20-12-9-15-7-8-15)21-16-10-13-22(14-11-16)17-5-3-2-4-6-17/h2-6,15-16H,7-14H2,1H3,(H2,19,20,21). The molecule has 22 heavy (non-hydrogen) atoms. The Morgan fingerprint density at radius 1 is 1.14 bits per heavy atom. The second-order valence-electron chi connectivity index (χ2n) is 6.47. The van der Waals surface area contributed by atoms with Crippen LogP contribution in [0, 0.1) is 5.92 Å². The largest absolute Gasteiger partial charge is 0.371 e. The Morgan fingerprint density at radius 3 is 2.50 bits per heavy atom. The molecule has 1 aliphatic heterocycles. The molecule has 0 aromatic heterocycles. The van der Waals surface area contributed by atoms with Crippen LogP contribution in [-0.2, 0) is 0 Å². The molecule has 0 spiro atoms. The fourth-order valence-corrected chi connectivity index (χ4v) is 3.11. The zero-order valence-electron chi connectivity index (χ0n) is 13.6. The fraction of sp³-hybridized carbons (Fsp3) is 0.611. The highest BCUT2D eigenvalue weighted by Crippen LogP contribution is 2.31. The van der Waals surface area contributed by atoms with E-state index in [1.54, 1.807) is 0 Å². The molecule has 1 saturated carbocycles. The number of hydrogen-bond donors (Lipinski definition) is 2.